The Labute approximate surface area is 200 Å². The predicted octanol–water partition coefficient (Wildman–Crippen LogP) is 3.03. The van der Waals surface area contributed by atoms with Crippen LogP contribution >= 0.6 is 11.6 Å². The summed E-state index contributed by atoms with van der Waals surface area (Å²) in [7, 11) is 0. The second kappa shape index (κ2) is 8.92. The number of carboxylic acid groups (broad SMARTS) is 1. The zero-order valence-electron chi connectivity index (χ0n) is 18.2. The molecule has 34 heavy (non-hydrogen) atoms. The second-order valence-corrected chi connectivity index (χ2v) is 9.02. The molecule has 4 N–H and O–H groups in total. The third-order valence-corrected chi connectivity index (χ3v) is 6.35. The summed E-state index contributed by atoms with van der Waals surface area (Å²) in [5, 5.41) is 11.9. The van der Waals surface area contributed by atoms with Crippen LogP contribution in [-0.4, -0.2) is 60.9 Å². The first-order valence-electron chi connectivity index (χ1n) is 10.9. The summed E-state index contributed by atoms with van der Waals surface area (Å²) in [5.41, 5.74) is 9.36. The van der Waals surface area contributed by atoms with Gasteiger partial charge in [-0.1, -0.05) is 17.7 Å². The summed E-state index contributed by atoms with van der Waals surface area (Å²) in [6.45, 7) is 1.47. The van der Waals surface area contributed by atoms with Crippen LogP contribution in [-0.2, 0) is 22.7 Å². The Hall–Kier alpha value is -3.69. The molecule has 4 aromatic rings. The van der Waals surface area contributed by atoms with Gasteiger partial charge in [-0.15, -0.1) is 0 Å². The van der Waals surface area contributed by atoms with Crippen LogP contribution in [0.15, 0.2) is 48.8 Å². The molecule has 2 aromatic carbocycles. The maximum Gasteiger partial charge on any atom is 0.305 e. The molecular weight excluding hydrogens is 456 g/mol. The molecule has 0 aliphatic carbocycles. The Morgan fingerprint density at radius 1 is 1.18 bits per heavy atom. The molecule has 10 heteroatoms. The highest BCUT2D eigenvalue weighted by atomic mass is 35.5. The maximum absolute atomic E-state index is 13.1. The fraction of sp³-hybridized carbons (Fsp3) is 0.250. The van der Waals surface area contributed by atoms with Gasteiger partial charge in [0.05, 0.1) is 24.5 Å². The number of rotatable bonds is 6. The lowest BCUT2D eigenvalue weighted by Crippen LogP contribution is -2.56. The topological polar surface area (TPSA) is 128 Å². The average molecular weight is 479 g/mol. The van der Waals surface area contributed by atoms with Crippen LogP contribution in [0.4, 0.5) is 5.82 Å². The lowest BCUT2D eigenvalue weighted by Gasteiger charge is -2.40. The second-order valence-electron chi connectivity index (χ2n) is 8.58. The Morgan fingerprint density at radius 2 is 2.03 bits per heavy atom. The minimum Gasteiger partial charge on any atom is -0.481 e. The number of benzene rings is 2. The van der Waals surface area contributed by atoms with Crippen molar-refractivity contribution in [1.29, 1.82) is 0 Å². The summed E-state index contributed by atoms with van der Waals surface area (Å²) in [4.78, 5) is 40.0. The van der Waals surface area contributed by atoms with E-state index in [-0.39, 0.29) is 18.9 Å². The first kappa shape index (κ1) is 22.1. The maximum atomic E-state index is 13.1. The number of piperazine rings is 1. The highest BCUT2D eigenvalue weighted by Crippen LogP contribution is 2.24. The summed E-state index contributed by atoms with van der Waals surface area (Å²) >= 11 is 6.09. The van der Waals surface area contributed by atoms with Gasteiger partial charge in [-0.2, -0.15) is 0 Å². The van der Waals surface area contributed by atoms with Crippen LogP contribution in [0.1, 0.15) is 17.7 Å². The largest absolute Gasteiger partial charge is 0.481 e. The smallest absolute Gasteiger partial charge is 0.305 e. The molecule has 1 atom stereocenters. The van der Waals surface area contributed by atoms with Gasteiger partial charge in [-0.25, -0.2) is 9.97 Å². The van der Waals surface area contributed by atoms with Gasteiger partial charge in [0.1, 0.15) is 12.1 Å². The number of amides is 1. The van der Waals surface area contributed by atoms with Crippen LogP contribution in [0.5, 0.6) is 0 Å². The van der Waals surface area contributed by atoms with Crippen LogP contribution in [0, 0.1) is 0 Å². The number of carbonyl (C=O) groups is 2. The highest BCUT2D eigenvalue weighted by Gasteiger charge is 2.34. The zero-order chi connectivity index (χ0) is 23.8. The highest BCUT2D eigenvalue weighted by molar-refractivity contribution is 6.31. The fourth-order valence-corrected chi connectivity index (χ4v) is 4.75. The van der Waals surface area contributed by atoms with Gasteiger partial charge >= 0.3 is 5.97 Å². The number of carbonyl (C=O) groups excluding carboxylic acids is 1. The summed E-state index contributed by atoms with van der Waals surface area (Å²) < 4.78 is 0. The Bertz CT molecular complexity index is 1400. The minimum atomic E-state index is -0.941. The molecule has 1 aliphatic heterocycles. The van der Waals surface area contributed by atoms with Crippen molar-refractivity contribution in [2.24, 2.45) is 0 Å². The van der Waals surface area contributed by atoms with Gasteiger partial charge in [0.2, 0.25) is 5.91 Å². The van der Waals surface area contributed by atoms with Gasteiger partial charge in [0.25, 0.3) is 0 Å². The molecule has 5 rings (SSSR count). The normalized spacial score (nSPS) is 17.0. The van der Waals surface area contributed by atoms with Crippen molar-refractivity contribution in [3.63, 3.8) is 0 Å². The average Bonchev–Trinajstić information content (AvgIpc) is 3.17. The summed E-state index contributed by atoms with van der Waals surface area (Å²) in [5.74, 6) is -0.660. The fourth-order valence-electron chi connectivity index (χ4n) is 4.57. The number of fused-ring (bicyclic) bond motifs is 2. The van der Waals surface area contributed by atoms with Crippen molar-refractivity contribution in [1.82, 2.24) is 24.8 Å². The number of nitrogens with zero attached hydrogens (tertiary/aromatic N) is 4. The number of nitrogens with one attached hydrogen (secondary N) is 1. The quantitative estimate of drug-likeness (QED) is 0.388. The molecule has 2 aromatic heterocycles. The molecule has 0 saturated carbocycles. The summed E-state index contributed by atoms with van der Waals surface area (Å²) in [6.07, 6.45) is 1.27. The third kappa shape index (κ3) is 4.52. The lowest BCUT2D eigenvalue weighted by molar-refractivity contribution is -0.146. The van der Waals surface area contributed by atoms with Gasteiger partial charge < -0.3 is 20.7 Å². The minimum absolute atomic E-state index is 0.112. The van der Waals surface area contributed by atoms with Crippen LogP contribution in [0.2, 0.25) is 5.02 Å². The zero-order valence-corrected chi connectivity index (χ0v) is 19.0. The first-order valence-corrected chi connectivity index (χ1v) is 11.2. The monoisotopic (exact) mass is 478 g/mol. The number of hydrogen-bond donors (Lipinski definition) is 3. The molecule has 0 unspecified atom stereocenters. The van der Waals surface area contributed by atoms with Gasteiger partial charge in [-0.3, -0.25) is 14.5 Å². The van der Waals surface area contributed by atoms with E-state index in [1.165, 1.54) is 6.33 Å². The number of hydrogen-bond acceptors (Lipinski definition) is 6. The number of nitrogens with two attached hydrogens (primary N) is 1. The van der Waals surface area contributed by atoms with E-state index in [1.807, 2.05) is 47.4 Å². The molecule has 1 aliphatic rings. The molecular formula is C24H23ClN6O3. The van der Waals surface area contributed by atoms with E-state index < -0.39 is 12.0 Å². The standard InChI is InChI=1S/C24H23ClN6O3/c25-16-2-4-20-15(6-16)7-17(29-20)10-30-11-18(8-23(33)34)31(22(32)12-30)9-14-1-3-19-21(5-14)27-13-28-24(19)26/h1-7,13,18,29H,8-12H2,(H,33,34)(H2,26,27,28)/t18-/m0/s1. The van der Waals surface area contributed by atoms with Crippen LogP contribution in [0.25, 0.3) is 21.8 Å². The van der Waals surface area contributed by atoms with Crippen molar-refractivity contribution < 1.29 is 14.7 Å². The van der Waals surface area contributed by atoms with E-state index in [0.717, 1.165) is 27.5 Å². The lowest BCUT2D eigenvalue weighted by atomic mass is 10.0. The van der Waals surface area contributed by atoms with E-state index in [0.29, 0.717) is 36.0 Å². The molecule has 1 saturated heterocycles. The molecule has 0 bridgehead atoms. The first-order chi connectivity index (χ1) is 16.4. The van der Waals surface area contributed by atoms with Crippen molar-refractivity contribution >= 4 is 51.1 Å². The van der Waals surface area contributed by atoms with E-state index in [9.17, 15) is 14.7 Å². The predicted molar refractivity (Wildman–Crippen MR) is 129 cm³/mol. The summed E-state index contributed by atoms with van der Waals surface area (Å²) in [6, 6.07) is 12.7. The van der Waals surface area contributed by atoms with Gasteiger partial charge in [-0.05, 0) is 42.0 Å². The number of nitrogen functional groups attached to an aromatic ring is 1. The number of anilines is 1. The Kier molecular flexibility index (Phi) is 5.80. The van der Waals surface area contributed by atoms with E-state index in [1.54, 1.807) is 4.90 Å². The van der Waals surface area contributed by atoms with Crippen LogP contribution < -0.4 is 5.73 Å². The number of carboxylic acids is 1. The molecule has 0 spiro atoms. The SMILES string of the molecule is Nc1ncnc2cc(CN3C(=O)CN(Cc4cc5cc(Cl)ccc5[nH]4)C[C@@H]3CC(=O)O)ccc12. The molecule has 174 valence electrons. The molecule has 0 radical (unpaired) electrons. The molecule has 1 fully saturated rings. The van der Waals surface area contributed by atoms with Gasteiger partial charge in [0, 0.05) is 46.6 Å². The van der Waals surface area contributed by atoms with Crippen molar-refractivity contribution in [3.8, 4) is 0 Å². The molecule has 1 amide bonds. The number of H-pyrrole nitrogens is 1. The molecule has 3 heterocycles. The number of aromatic nitrogens is 3. The van der Waals surface area contributed by atoms with E-state index >= 15 is 0 Å². The molecule has 9 nitrogen and oxygen atoms in total. The number of aliphatic carboxylic acids is 1. The van der Waals surface area contributed by atoms with Crippen LogP contribution in [0.3, 0.4) is 0 Å². The number of halogens is 1. The van der Waals surface area contributed by atoms with Crippen molar-refractivity contribution in [2.45, 2.75) is 25.6 Å². The van der Waals surface area contributed by atoms with E-state index in [2.05, 4.69) is 15.0 Å². The van der Waals surface area contributed by atoms with Crippen molar-refractivity contribution in [3.05, 3.63) is 65.1 Å². The Balaban J connectivity index is 1.35. The van der Waals surface area contributed by atoms with Crippen molar-refractivity contribution in [2.75, 3.05) is 18.8 Å². The third-order valence-electron chi connectivity index (χ3n) is 6.12. The van der Waals surface area contributed by atoms with E-state index in [4.69, 9.17) is 17.3 Å². The van der Waals surface area contributed by atoms with Gasteiger partial charge in [0.15, 0.2) is 0 Å². The Morgan fingerprint density at radius 3 is 2.85 bits per heavy atom. The number of aromatic amines is 1.